The second-order valence-electron chi connectivity index (χ2n) is 3.86. The number of hydrogen-bond donors (Lipinski definition) is 0. The number of fused-ring (bicyclic) bond motifs is 1. The fourth-order valence-electron chi connectivity index (χ4n) is 1.90. The first-order chi connectivity index (χ1) is 7.75. The molecular formula is C13H14NO2. The summed E-state index contributed by atoms with van der Waals surface area (Å²) in [7, 11) is 0. The molecule has 0 fully saturated rings. The van der Waals surface area contributed by atoms with Gasteiger partial charge in [0.25, 0.3) is 11.8 Å². The van der Waals surface area contributed by atoms with E-state index in [9.17, 15) is 9.59 Å². The SMILES string of the molecule is C[CH]CCCN1C(=O)c2ccccc2C1=O. The third-order valence-electron chi connectivity index (χ3n) is 2.75. The molecule has 3 nitrogen and oxygen atoms in total. The molecule has 0 aliphatic carbocycles. The zero-order valence-corrected chi connectivity index (χ0v) is 9.27. The lowest BCUT2D eigenvalue weighted by Crippen LogP contribution is -2.30. The minimum atomic E-state index is -0.156. The van der Waals surface area contributed by atoms with Crippen molar-refractivity contribution in [1.29, 1.82) is 0 Å². The molecule has 0 bridgehead atoms. The number of carbonyl (C=O) groups is 2. The summed E-state index contributed by atoms with van der Waals surface area (Å²) in [5.41, 5.74) is 1.07. The lowest BCUT2D eigenvalue weighted by atomic mass is 10.1. The highest BCUT2D eigenvalue weighted by Gasteiger charge is 2.34. The summed E-state index contributed by atoms with van der Waals surface area (Å²) in [5.74, 6) is -0.312. The van der Waals surface area contributed by atoms with Gasteiger partial charge in [0.15, 0.2) is 0 Å². The molecular weight excluding hydrogens is 202 g/mol. The van der Waals surface area contributed by atoms with Crippen LogP contribution in [0.1, 0.15) is 40.5 Å². The molecule has 0 spiro atoms. The monoisotopic (exact) mass is 216 g/mol. The fourth-order valence-corrected chi connectivity index (χ4v) is 1.90. The molecule has 1 aliphatic rings. The summed E-state index contributed by atoms with van der Waals surface area (Å²) < 4.78 is 0. The molecule has 83 valence electrons. The van der Waals surface area contributed by atoms with Crippen molar-refractivity contribution < 1.29 is 9.59 Å². The average molecular weight is 216 g/mol. The summed E-state index contributed by atoms with van der Waals surface area (Å²) in [6, 6.07) is 6.99. The first kappa shape index (κ1) is 10.9. The van der Waals surface area contributed by atoms with Gasteiger partial charge in [-0.15, -0.1) is 0 Å². The lowest BCUT2D eigenvalue weighted by Gasteiger charge is -2.12. The molecule has 1 aliphatic heterocycles. The van der Waals surface area contributed by atoms with Crippen LogP contribution in [0.5, 0.6) is 0 Å². The third-order valence-corrected chi connectivity index (χ3v) is 2.75. The predicted octanol–water partition coefficient (Wildman–Crippen LogP) is 2.29. The van der Waals surface area contributed by atoms with Crippen LogP contribution in [0.15, 0.2) is 24.3 Å². The maximum Gasteiger partial charge on any atom is 0.261 e. The van der Waals surface area contributed by atoms with E-state index in [1.54, 1.807) is 24.3 Å². The molecule has 0 unspecified atom stereocenters. The smallest absolute Gasteiger partial charge is 0.261 e. The maximum absolute atomic E-state index is 11.9. The largest absolute Gasteiger partial charge is 0.274 e. The van der Waals surface area contributed by atoms with Crippen LogP contribution < -0.4 is 0 Å². The Morgan fingerprint density at radius 3 is 2.19 bits per heavy atom. The molecule has 0 saturated heterocycles. The molecule has 1 radical (unpaired) electrons. The highest BCUT2D eigenvalue weighted by Crippen LogP contribution is 2.22. The normalized spacial score (nSPS) is 14.4. The van der Waals surface area contributed by atoms with Crippen molar-refractivity contribution in [2.24, 2.45) is 0 Å². The number of rotatable bonds is 4. The van der Waals surface area contributed by atoms with E-state index in [4.69, 9.17) is 0 Å². The Labute approximate surface area is 95.1 Å². The lowest BCUT2D eigenvalue weighted by molar-refractivity contribution is 0.0652. The maximum atomic E-state index is 11.9. The van der Waals surface area contributed by atoms with Gasteiger partial charge in [-0.25, -0.2) is 0 Å². The highest BCUT2D eigenvalue weighted by atomic mass is 16.2. The topological polar surface area (TPSA) is 37.4 Å². The molecule has 1 aromatic rings. The standard InChI is InChI=1S/C13H14NO2/c1-2-3-6-9-14-12(15)10-7-4-5-8-11(10)13(14)16/h2,4-5,7-8H,3,6,9H2,1H3. The summed E-state index contributed by atoms with van der Waals surface area (Å²) in [6.07, 6.45) is 3.80. The number of carbonyl (C=O) groups excluding carboxylic acids is 2. The zero-order chi connectivity index (χ0) is 11.5. The van der Waals surface area contributed by atoms with E-state index < -0.39 is 0 Å². The first-order valence-corrected chi connectivity index (χ1v) is 5.48. The Morgan fingerprint density at radius 2 is 1.69 bits per heavy atom. The van der Waals surface area contributed by atoms with Crippen molar-refractivity contribution in [1.82, 2.24) is 4.90 Å². The van der Waals surface area contributed by atoms with E-state index in [1.165, 1.54) is 4.90 Å². The van der Waals surface area contributed by atoms with Gasteiger partial charge in [0, 0.05) is 6.54 Å². The van der Waals surface area contributed by atoms with Gasteiger partial charge in [-0.05, 0) is 31.4 Å². The quantitative estimate of drug-likeness (QED) is 0.572. The van der Waals surface area contributed by atoms with Crippen LogP contribution in [0.3, 0.4) is 0 Å². The number of amides is 2. The highest BCUT2D eigenvalue weighted by molar-refractivity contribution is 6.21. The van der Waals surface area contributed by atoms with E-state index >= 15 is 0 Å². The Balaban J connectivity index is 2.15. The number of unbranched alkanes of at least 4 members (excludes halogenated alkanes) is 2. The van der Waals surface area contributed by atoms with E-state index in [-0.39, 0.29) is 11.8 Å². The Kier molecular flexibility index (Phi) is 3.04. The van der Waals surface area contributed by atoms with Crippen molar-refractivity contribution in [3.8, 4) is 0 Å². The Hall–Kier alpha value is -1.64. The zero-order valence-electron chi connectivity index (χ0n) is 9.27. The molecule has 2 rings (SSSR count). The van der Waals surface area contributed by atoms with Crippen LogP contribution >= 0.6 is 0 Å². The summed E-state index contributed by atoms with van der Waals surface area (Å²) >= 11 is 0. The van der Waals surface area contributed by atoms with E-state index in [2.05, 4.69) is 0 Å². The predicted molar refractivity (Wildman–Crippen MR) is 61.0 cm³/mol. The molecule has 0 N–H and O–H groups in total. The second-order valence-corrected chi connectivity index (χ2v) is 3.86. The van der Waals surface area contributed by atoms with Crippen LogP contribution in [0.4, 0.5) is 0 Å². The number of benzene rings is 1. The molecule has 0 atom stereocenters. The van der Waals surface area contributed by atoms with Crippen LogP contribution in [0, 0.1) is 6.42 Å². The molecule has 1 aromatic carbocycles. The first-order valence-electron chi connectivity index (χ1n) is 5.48. The van der Waals surface area contributed by atoms with Crippen molar-refractivity contribution in [2.75, 3.05) is 6.54 Å². The van der Waals surface area contributed by atoms with Crippen LogP contribution in [-0.4, -0.2) is 23.3 Å². The number of imide groups is 1. The van der Waals surface area contributed by atoms with E-state index in [0.29, 0.717) is 17.7 Å². The summed E-state index contributed by atoms with van der Waals surface area (Å²) in [4.78, 5) is 25.1. The van der Waals surface area contributed by atoms with Crippen molar-refractivity contribution >= 4 is 11.8 Å². The van der Waals surface area contributed by atoms with Gasteiger partial charge in [0.2, 0.25) is 0 Å². The van der Waals surface area contributed by atoms with Crippen molar-refractivity contribution in [2.45, 2.75) is 19.8 Å². The molecule has 16 heavy (non-hydrogen) atoms. The second kappa shape index (κ2) is 4.47. The van der Waals surface area contributed by atoms with Crippen molar-refractivity contribution in [3.63, 3.8) is 0 Å². The van der Waals surface area contributed by atoms with Gasteiger partial charge in [-0.3, -0.25) is 14.5 Å². The third kappa shape index (κ3) is 1.73. The number of hydrogen-bond acceptors (Lipinski definition) is 2. The molecule has 1 heterocycles. The van der Waals surface area contributed by atoms with Gasteiger partial charge in [0.05, 0.1) is 11.1 Å². The van der Waals surface area contributed by atoms with E-state index in [1.807, 2.05) is 13.3 Å². The molecule has 3 heteroatoms. The van der Waals surface area contributed by atoms with Gasteiger partial charge in [-0.2, -0.15) is 0 Å². The van der Waals surface area contributed by atoms with Crippen LogP contribution in [0.2, 0.25) is 0 Å². The van der Waals surface area contributed by atoms with Crippen LogP contribution in [-0.2, 0) is 0 Å². The minimum Gasteiger partial charge on any atom is -0.274 e. The fraction of sp³-hybridized carbons (Fsp3) is 0.308. The number of nitrogens with zero attached hydrogens (tertiary/aromatic N) is 1. The van der Waals surface area contributed by atoms with Gasteiger partial charge < -0.3 is 0 Å². The summed E-state index contributed by atoms with van der Waals surface area (Å²) in [5, 5.41) is 0. The molecule has 0 saturated carbocycles. The Bertz CT molecular complexity index is 391. The van der Waals surface area contributed by atoms with Crippen LogP contribution in [0.25, 0.3) is 0 Å². The molecule has 0 aromatic heterocycles. The summed E-state index contributed by atoms with van der Waals surface area (Å²) in [6.45, 7) is 2.49. The average Bonchev–Trinajstić information content (AvgIpc) is 2.55. The van der Waals surface area contributed by atoms with Gasteiger partial charge in [-0.1, -0.05) is 19.1 Å². The van der Waals surface area contributed by atoms with E-state index in [0.717, 1.165) is 12.8 Å². The van der Waals surface area contributed by atoms with Gasteiger partial charge in [0.1, 0.15) is 0 Å². The molecule has 2 amide bonds. The van der Waals surface area contributed by atoms with Gasteiger partial charge >= 0.3 is 0 Å². The van der Waals surface area contributed by atoms with Crippen molar-refractivity contribution in [3.05, 3.63) is 41.8 Å². The Morgan fingerprint density at radius 1 is 1.12 bits per heavy atom. The minimum absolute atomic E-state index is 0.156.